The first kappa shape index (κ1) is 20.0. The van der Waals surface area contributed by atoms with Crippen molar-refractivity contribution < 1.29 is 22.8 Å². The van der Waals surface area contributed by atoms with Crippen molar-refractivity contribution in [3.05, 3.63) is 0 Å². The third-order valence-corrected chi connectivity index (χ3v) is 5.31. The molecule has 1 unspecified atom stereocenters. The van der Waals surface area contributed by atoms with Gasteiger partial charge in [-0.05, 0) is 13.5 Å². The molecule has 0 saturated heterocycles. The van der Waals surface area contributed by atoms with Gasteiger partial charge in [0.25, 0.3) is 0 Å². The van der Waals surface area contributed by atoms with Crippen molar-refractivity contribution in [2.24, 2.45) is 0 Å². The lowest BCUT2D eigenvalue weighted by Crippen LogP contribution is -2.35. The molecule has 6 nitrogen and oxygen atoms in total. The molecule has 0 aliphatic rings. The van der Waals surface area contributed by atoms with Gasteiger partial charge in [0.2, 0.25) is 0 Å². The molecule has 0 saturated carbocycles. The molecule has 0 amide bonds. The number of aliphatic hydroxyl groups excluding tert-OH is 1. The predicted octanol–water partition coefficient (Wildman–Crippen LogP) is 0.569. The van der Waals surface area contributed by atoms with Crippen LogP contribution >= 0.6 is 0 Å². The zero-order chi connectivity index (χ0) is 15.8. The third-order valence-electron chi connectivity index (χ3n) is 2.77. The second-order valence-corrected chi connectivity index (χ2v) is 13.6. The number of aliphatic hydroxyl groups is 1. The molecular weight excluding hydrogens is 298 g/mol. The summed E-state index contributed by atoms with van der Waals surface area (Å²) in [6.45, 7) is 8.21. The van der Waals surface area contributed by atoms with E-state index in [1.54, 1.807) is 11.9 Å². The van der Waals surface area contributed by atoms with Crippen LogP contribution in [0.4, 0.5) is 0 Å². The van der Waals surface area contributed by atoms with Gasteiger partial charge < -0.3 is 19.3 Å². The van der Waals surface area contributed by atoms with Crippen LogP contribution in [0.5, 0.6) is 0 Å². The summed E-state index contributed by atoms with van der Waals surface area (Å²) < 4.78 is 36.8. The number of hydrogen-bond donors (Lipinski definition) is 1. The number of ether oxygens (including phenoxy) is 1. The first-order chi connectivity index (χ1) is 8.99. The van der Waals surface area contributed by atoms with E-state index in [1.165, 1.54) is 6.04 Å². The summed E-state index contributed by atoms with van der Waals surface area (Å²) in [6, 6.07) is 1.20. The molecule has 1 atom stereocenters. The van der Waals surface area contributed by atoms with Crippen molar-refractivity contribution in [3.8, 4) is 0 Å². The Balaban J connectivity index is 3.65. The lowest BCUT2D eigenvalue weighted by molar-refractivity contribution is 0.0218. The van der Waals surface area contributed by atoms with Gasteiger partial charge in [-0.25, -0.2) is 8.42 Å². The van der Waals surface area contributed by atoms with Crippen molar-refractivity contribution in [1.82, 2.24) is 4.90 Å². The monoisotopic (exact) mass is 326 g/mol. The van der Waals surface area contributed by atoms with Gasteiger partial charge >= 0.3 is 0 Å². The predicted molar refractivity (Wildman–Crippen MR) is 81.7 cm³/mol. The minimum atomic E-state index is -4.19. The maximum Gasteiger partial charge on any atom is 0.0958 e. The molecule has 0 aromatic rings. The van der Waals surface area contributed by atoms with Crippen molar-refractivity contribution >= 4 is 18.2 Å². The van der Waals surface area contributed by atoms with Crippen LogP contribution in [0, 0.1) is 0 Å². The summed E-state index contributed by atoms with van der Waals surface area (Å²) in [5.74, 6) is -0.437. The van der Waals surface area contributed by atoms with Gasteiger partial charge in [0.05, 0.1) is 28.6 Å². The van der Waals surface area contributed by atoms with Crippen molar-refractivity contribution in [2.75, 3.05) is 39.1 Å². The Bertz CT molecular complexity index is 355. The summed E-state index contributed by atoms with van der Waals surface area (Å²) >= 11 is 0. The zero-order valence-corrected chi connectivity index (χ0v) is 14.8. The van der Waals surface area contributed by atoms with E-state index in [1.807, 2.05) is 0 Å². The van der Waals surface area contributed by atoms with Gasteiger partial charge in [-0.1, -0.05) is 25.7 Å². The molecular formula is C12H28NO5SSi-. The van der Waals surface area contributed by atoms with E-state index in [4.69, 9.17) is 4.74 Å². The van der Waals surface area contributed by atoms with Gasteiger partial charge in [-0.2, -0.15) is 0 Å². The molecule has 0 fully saturated rings. The number of nitrogens with zero attached hydrogens (tertiary/aromatic N) is 1. The summed E-state index contributed by atoms with van der Waals surface area (Å²) in [5, 5.41) is 9.72. The Labute approximate surface area is 123 Å². The second kappa shape index (κ2) is 9.11. The van der Waals surface area contributed by atoms with Crippen LogP contribution in [0.25, 0.3) is 0 Å². The minimum absolute atomic E-state index is 0.124. The summed E-state index contributed by atoms with van der Waals surface area (Å²) in [5.41, 5.74) is 0. The highest BCUT2D eigenvalue weighted by Crippen LogP contribution is 2.10. The van der Waals surface area contributed by atoms with Crippen LogP contribution in [0.3, 0.4) is 0 Å². The fourth-order valence-corrected chi connectivity index (χ4v) is 3.44. The quantitative estimate of drug-likeness (QED) is 0.339. The van der Waals surface area contributed by atoms with Crippen LogP contribution in [0.2, 0.25) is 25.7 Å². The Morgan fingerprint density at radius 2 is 1.95 bits per heavy atom. The number of rotatable bonds is 11. The zero-order valence-electron chi connectivity index (χ0n) is 13.0. The average Bonchev–Trinajstić information content (AvgIpc) is 2.23. The first-order valence-electron chi connectivity index (χ1n) is 6.87. The second-order valence-electron chi connectivity index (χ2n) is 6.42. The molecule has 20 heavy (non-hydrogen) atoms. The van der Waals surface area contributed by atoms with E-state index in [2.05, 4.69) is 19.6 Å². The summed E-state index contributed by atoms with van der Waals surface area (Å²) in [7, 11) is -3.55. The van der Waals surface area contributed by atoms with Crippen LogP contribution < -0.4 is 0 Å². The molecule has 0 aliphatic heterocycles. The van der Waals surface area contributed by atoms with E-state index in [0.29, 0.717) is 13.2 Å². The van der Waals surface area contributed by atoms with Gasteiger partial charge in [0, 0.05) is 27.8 Å². The fraction of sp³-hybridized carbons (Fsp3) is 1.00. The molecule has 8 heteroatoms. The fourth-order valence-electron chi connectivity index (χ4n) is 1.70. The summed E-state index contributed by atoms with van der Waals surface area (Å²) in [6.07, 6.45) is 0.341. The Hall–Kier alpha value is 0.00688. The smallest absolute Gasteiger partial charge is 0.0958 e. The molecule has 0 aromatic carbocycles. The highest BCUT2D eigenvalue weighted by atomic mass is 32.2. The van der Waals surface area contributed by atoms with Gasteiger partial charge in [0.1, 0.15) is 0 Å². The Morgan fingerprint density at radius 3 is 2.45 bits per heavy atom. The van der Waals surface area contributed by atoms with Gasteiger partial charge in [0.15, 0.2) is 0 Å². The van der Waals surface area contributed by atoms with Crippen LogP contribution in [0.15, 0.2) is 0 Å². The minimum Gasteiger partial charge on any atom is -0.748 e. The maximum absolute atomic E-state index is 10.5. The molecule has 0 spiro atoms. The van der Waals surface area contributed by atoms with Gasteiger partial charge in [-0.15, -0.1) is 0 Å². The first-order valence-corrected chi connectivity index (χ1v) is 12.2. The van der Waals surface area contributed by atoms with E-state index in [-0.39, 0.29) is 13.2 Å². The topological polar surface area (TPSA) is 89.9 Å². The highest BCUT2D eigenvalue weighted by Gasteiger charge is 2.13. The molecule has 0 rings (SSSR count). The van der Waals surface area contributed by atoms with Gasteiger partial charge in [-0.3, -0.25) is 0 Å². The molecule has 0 radical (unpaired) electrons. The molecule has 122 valence electrons. The molecule has 0 aliphatic carbocycles. The largest absolute Gasteiger partial charge is 0.748 e. The van der Waals surface area contributed by atoms with Crippen LogP contribution in [0.1, 0.15) is 6.42 Å². The number of hydrogen-bond acceptors (Lipinski definition) is 6. The third kappa shape index (κ3) is 14.4. The van der Waals surface area contributed by atoms with E-state index in [0.717, 1.165) is 6.42 Å². The molecule has 0 aromatic heterocycles. The van der Waals surface area contributed by atoms with Crippen LogP contribution in [-0.4, -0.2) is 76.3 Å². The normalized spacial score (nSPS) is 14.8. The van der Waals surface area contributed by atoms with Crippen molar-refractivity contribution in [1.29, 1.82) is 0 Å². The Morgan fingerprint density at radius 1 is 1.35 bits per heavy atom. The molecule has 1 N–H and O–H groups in total. The van der Waals surface area contributed by atoms with Crippen molar-refractivity contribution in [3.63, 3.8) is 0 Å². The lowest BCUT2D eigenvalue weighted by atomic mass is 10.3. The van der Waals surface area contributed by atoms with E-state index in [9.17, 15) is 18.1 Å². The SMILES string of the molecule is CN(CCS(=O)(=O)[O-])CC(O)COCCC[Si](C)(C)C. The van der Waals surface area contributed by atoms with Crippen molar-refractivity contribution in [2.45, 2.75) is 38.2 Å². The van der Waals surface area contributed by atoms with E-state index >= 15 is 0 Å². The van der Waals surface area contributed by atoms with E-state index < -0.39 is 30.0 Å². The molecule has 0 bridgehead atoms. The highest BCUT2D eigenvalue weighted by molar-refractivity contribution is 7.85. The maximum atomic E-state index is 10.5. The standard InChI is InChI=1S/C12H29NO5SSi/c1-13(6-8-19(15,16)17)10-12(14)11-18-7-5-9-20(2,3)4/h12,14H,5-11H2,1-4H3,(H,15,16,17)/p-1. The average molecular weight is 327 g/mol. The lowest BCUT2D eigenvalue weighted by Gasteiger charge is -2.21. The summed E-state index contributed by atoms with van der Waals surface area (Å²) in [4.78, 5) is 1.62. The van der Waals surface area contributed by atoms with Crippen LogP contribution in [-0.2, 0) is 14.9 Å². The Kier molecular flexibility index (Phi) is 9.12. The molecule has 0 heterocycles. The number of likely N-dealkylation sites (N-methyl/N-ethyl adjacent to an activating group) is 1.